The molecular weight excluding hydrogens is 1020 g/mol. The maximum absolute atomic E-state index is 16.1. The van der Waals surface area contributed by atoms with Crippen LogP contribution < -0.4 is 25.0 Å². The summed E-state index contributed by atoms with van der Waals surface area (Å²) < 4.78 is 36.6. The van der Waals surface area contributed by atoms with Gasteiger partial charge in [-0.3, -0.25) is 14.7 Å². The van der Waals surface area contributed by atoms with E-state index in [9.17, 15) is 19.8 Å². The lowest BCUT2D eigenvalue weighted by molar-refractivity contribution is -0.142. The predicted octanol–water partition coefficient (Wildman–Crippen LogP) is 6.77. The van der Waals surface area contributed by atoms with Crippen molar-refractivity contribution >= 4 is 39.4 Å². The predicted molar refractivity (Wildman–Crippen MR) is 296 cm³/mol. The number of amides is 2. The van der Waals surface area contributed by atoms with E-state index in [1.807, 2.05) is 75.4 Å². The minimum atomic E-state index is -0.991. The summed E-state index contributed by atoms with van der Waals surface area (Å²) in [6.07, 6.45) is 8.54. The number of aromatic nitrogens is 9. The van der Waals surface area contributed by atoms with E-state index in [0.717, 1.165) is 82.3 Å². The molecule has 0 spiro atoms. The van der Waals surface area contributed by atoms with Gasteiger partial charge >= 0.3 is 6.01 Å². The average Bonchev–Trinajstić information content (AvgIpc) is 3.64. The number of piperazine rings is 1. The Kier molecular flexibility index (Phi) is 14.4. The molecule has 4 aliphatic rings. The van der Waals surface area contributed by atoms with Crippen molar-refractivity contribution in [3.63, 3.8) is 0 Å². The van der Waals surface area contributed by atoms with E-state index in [2.05, 4.69) is 52.3 Å². The number of aromatic amines is 1. The second-order valence-corrected chi connectivity index (χ2v) is 22.0. The van der Waals surface area contributed by atoms with Gasteiger partial charge in [0.05, 0.1) is 55.2 Å². The van der Waals surface area contributed by atoms with Gasteiger partial charge in [-0.2, -0.15) is 25.3 Å². The molecule has 4 fully saturated rings. The van der Waals surface area contributed by atoms with Gasteiger partial charge in [-0.15, -0.1) is 5.10 Å². The quantitative estimate of drug-likeness (QED) is 0.0561. The molecule has 7 atom stereocenters. The molecule has 20 nitrogen and oxygen atoms in total. The first-order valence-electron chi connectivity index (χ1n) is 27.4. The van der Waals surface area contributed by atoms with Crippen LogP contribution in [0.3, 0.4) is 0 Å². The van der Waals surface area contributed by atoms with E-state index in [1.165, 1.54) is 15.6 Å². The number of benzene rings is 4. The smallest absolute Gasteiger partial charge is 0.319 e. The third-order valence-corrected chi connectivity index (χ3v) is 16.2. The molecular formula is C59H64FN13O7. The zero-order chi connectivity index (χ0) is 55.3. The second-order valence-electron chi connectivity index (χ2n) is 22.0. The number of ether oxygens (including phenoxy) is 3. The van der Waals surface area contributed by atoms with E-state index in [-0.39, 0.29) is 74.5 Å². The first-order chi connectivity index (χ1) is 38.8. The lowest BCUT2D eigenvalue weighted by Gasteiger charge is -2.30. The van der Waals surface area contributed by atoms with Crippen molar-refractivity contribution in [3.05, 3.63) is 120 Å². The summed E-state index contributed by atoms with van der Waals surface area (Å²) >= 11 is 0. The molecule has 1 aliphatic carbocycles. The highest BCUT2D eigenvalue weighted by Crippen LogP contribution is 2.53. The Balaban J connectivity index is 0.823. The highest BCUT2D eigenvalue weighted by molar-refractivity contribution is 6.06. The van der Waals surface area contributed by atoms with Gasteiger partial charge in [0.15, 0.2) is 5.75 Å². The van der Waals surface area contributed by atoms with Gasteiger partial charge in [0.25, 0.3) is 0 Å². The molecule has 1 saturated carbocycles. The monoisotopic (exact) mass is 1090 g/mol. The number of likely N-dealkylation sites (tertiary alicyclic amines) is 1. The van der Waals surface area contributed by atoms with E-state index >= 15 is 4.39 Å². The van der Waals surface area contributed by atoms with Gasteiger partial charge in [0.1, 0.15) is 48.1 Å². The summed E-state index contributed by atoms with van der Waals surface area (Å²) in [6.45, 7) is 9.05. The van der Waals surface area contributed by atoms with Gasteiger partial charge in [0.2, 0.25) is 11.8 Å². The Morgan fingerprint density at radius 2 is 1.71 bits per heavy atom. The largest absolute Gasteiger partial charge is 0.486 e. The third kappa shape index (κ3) is 10.2. The highest BCUT2D eigenvalue weighted by Gasteiger charge is 2.44. The Hall–Kier alpha value is -7.98. The van der Waals surface area contributed by atoms with E-state index < -0.39 is 30.1 Å². The summed E-state index contributed by atoms with van der Waals surface area (Å²) in [4.78, 5) is 42.6. The molecule has 7 heterocycles. The molecule has 3 saturated heterocycles. The minimum Gasteiger partial charge on any atom is -0.486 e. The van der Waals surface area contributed by atoms with E-state index in [4.69, 9.17) is 24.2 Å². The third-order valence-electron chi connectivity index (χ3n) is 16.2. The molecule has 414 valence electrons. The van der Waals surface area contributed by atoms with Crippen molar-refractivity contribution in [2.45, 2.75) is 108 Å². The normalized spacial score (nSPS) is 20.0. The Morgan fingerprint density at radius 1 is 0.912 bits per heavy atom. The molecule has 2 amide bonds. The lowest BCUT2D eigenvalue weighted by atomic mass is 9.88. The number of anilines is 1. The number of aliphatic hydroxyl groups is 2. The van der Waals surface area contributed by atoms with E-state index in [1.54, 1.807) is 38.8 Å². The zero-order valence-electron chi connectivity index (χ0n) is 45.2. The van der Waals surface area contributed by atoms with Crippen LogP contribution in [0, 0.1) is 18.7 Å². The Bertz CT molecular complexity index is 3580. The number of hydrogen-bond donors (Lipinski definition) is 5. The summed E-state index contributed by atoms with van der Waals surface area (Å²) in [5, 5.41) is 53.5. The van der Waals surface area contributed by atoms with Crippen molar-refractivity contribution in [1.29, 1.82) is 0 Å². The first-order valence-corrected chi connectivity index (χ1v) is 27.4. The number of carbonyl (C=O) groups is 2. The maximum atomic E-state index is 16.1. The van der Waals surface area contributed by atoms with Gasteiger partial charge in [-0.1, -0.05) is 67.6 Å². The number of hydrogen-bond acceptors (Lipinski definition) is 16. The number of β-amino-alcohol motifs (C(OH)–C–C–N with tert-alkyl or cyclic N) is 1. The van der Waals surface area contributed by atoms with E-state index in [0.29, 0.717) is 45.2 Å². The highest BCUT2D eigenvalue weighted by atomic mass is 19.1. The number of fused-ring (bicyclic) bond motifs is 4. The molecule has 4 aromatic heterocycles. The number of nitrogens with zero attached hydrogens (tertiary/aromatic N) is 10. The maximum Gasteiger partial charge on any atom is 0.319 e. The summed E-state index contributed by atoms with van der Waals surface area (Å²) in [5.74, 6) is -0.0363. The van der Waals surface area contributed by atoms with Gasteiger partial charge in [-0.25, -0.2) is 9.07 Å². The van der Waals surface area contributed by atoms with Crippen LogP contribution in [-0.4, -0.2) is 143 Å². The Labute approximate surface area is 461 Å². The molecule has 5 N–H and O–H groups in total. The van der Waals surface area contributed by atoms with Crippen LogP contribution in [0.5, 0.6) is 11.8 Å². The van der Waals surface area contributed by atoms with Crippen molar-refractivity contribution in [1.82, 2.24) is 60.9 Å². The van der Waals surface area contributed by atoms with Crippen molar-refractivity contribution < 1.29 is 38.4 Å². The summed E-state index contributed by atoms with van der Waals surface area (Å²) in [6, 6.07) is 18.8. The Morgan fingerprint density at radius 3 is 2.41 bits per heavy atom. The van der Waals surface area contributed by atoms with Crippen LogP contribution >= 0.6 is 0 Å². The van der Waals surface area contributed by atoms with Gasteiger partial charge in [-0.05, 0) is 91.0 Å². The van der Waals surface area contributed by atoms with Crippen LogP contribution in [-0.2, 0) is 20.9 Å². The number of methoxy groups -OCH3 is 1. The SMILES string of the molecule is CO[C@@H](C)COc1nc(N2C[C@@H]3C[C@H]2CN3)c2cc(C3CC3)c(-c3c(C)c(F)cc4[nH]ncc34)c(OCc3ccc(-c4cn([C@H](C(=O)N5C[C@H](O)C[C@H]5C(=O)N[C@@H](CO)c5ccc(-c6ccnnc6)cc5)C(C)C)nn4)cc3)c2n1. The fourth-order valence-corrected chi connectivity index (χ4v) is 11.7. The number of H-pyrrole nitrogens is 1. The number of aliphatic hydroxyl groups excluding tert-OH is 2. The molecule has 21 heteroatoms. The number of halogens is 1. The molecule has 0 radical (unpaired) electrons. The molecule has 4 aromatic carbocycles. The molecule has 0 unspecified atom stereocenters. The van der Waals surface area contributed by atoms with Crippen molar-refractivity contribution in [2.75, 3.05) is 44.9 Å². The van der Waals surface area contributed by atoms with Gasteiger partial charge < -0.3 is 44.9 Å². The first kappa shape index (κ1) is 52.7. The number of nitrogens with one attached hydrogen (secondary N) is 3. The number of carbonyl (C=O) groups excluding carboxylic acids is 2. The molecule has 3 aliphatic heterocycles. The molecule has 12 rings (SSSR count). The fraction of sp³-hybridized carbons (Fsp3) is 0.407. The topological polar surface area (TPSA) is 244 Å². The van der Waals surface area contributed by atoms with Crippen molar-refractivity contribution in [2.24, 2.45) is 5.92 Å². The van der Waals surface area contributed by atoms with Crippen LogP contribution in [0.2, 0.25) is 0 Å². The minimum absolute atomic E-state index is 0.0329. The molecule has 2 bridgehead atoms. The second kappa shape index (κ2) is 21.9. The number of rotatable bonds is 19. The summed E-state index contributed by atoms with van der Waals surface area (Å²) in [5.41, 5.74) is 8.63. The molecule has 8 aromatic rings. The fourth-order valence-electron chi connectivity index (χ4n) is 11.7. The average molecular weight is 1090 g/mol. The van der Waals surface area contributed by atoms with Crippen LogP contribution in [0.15, 0.2) is 91.5 Å². The van der Waals surface area contributed by atoms with Crippen molar-refractivity contribution in [3.8, 4) is 45.3 Å². The standard InChI is InChI=1S/C59H64FN13O7/c1-31(2)54(58(77)72-26-42(75)19-50(72)57(76)65-49(28-74)38-14-10-35(11-15-38)39-16-17-62-63-22-39)73-27-48(69-70-73)37-8-6-34(7-9-37)30-79-55-52(51-33(4)46(60)21-47-45(51)24-64-68-47)43(36-12-13-36)20-44-53(55)66-59(80-29-32(3)78-5)67-56(44)71-25-40-18-41(71)23-61-40/h6-11,14-17,20-22,24,27,31-32,36,40-42,49-50,54,61,74-75H,12-13,18-19,23,25-26,28-30H2,1-5H3,(H,64,68)(H,65,76)/t32-,40-,41-,42+,49-,50-,54-/m0/s1. The summed E-state index contributed by atoms with van der Waals surface area (Å²) in [7, 11) is 1.63. The lowest BCUT2D eigenvalue weighted by Crippen LogP contribution is -2.50. The van der Waals surface area contributed by atoms with Crippen LogP contribution in [0.25, 0.3) is 55.3 Å². The zero-order valence-corrected chi connectivity index (χ0v) is 45.2. The molecule has 80 heavy (non-hydrogen) atoms. The van der Waals surface area contributed by atoms with Crippen LogP contribution in [0.4, 0.5) is 10.2 Å². The van der Waals surface area contributed by atoms with Gasteiger partial charge in [0, 0.05) is 78.3 Å². The van der Waals surface area contributed by atoms with Crippen LogP contribution in [0.1, 0.15) is 86.7 Å².